The lowest BCUT2D eigenvalue weighted by atomic mass is 9.95. The molecule has 6 heteroatoms. The van der Waals surface area contributed by atoms with Gasteiger partial charge in [-0.15, -0.1) is 0 Å². The zero-order valence-corrected chi connectivity index (χ0v) is 12.3. The number of halogens is 2. The van der Waals surface area contributed by atoms with Crippen LogP contribution in [-0.4, -0.2) is 29.8 Å². The van der Waals surface area contributed by atoms with Crippen LogP contribution in [0.2, 0.25) is 0 Å². The zero-order valence-electron chi connectivity index (χ0n) is 12.3. The Morgan fingerprint density at radius 2 is 2.10 bits per heavy atom. The normalized spacial score (nSPS) is 13.7. The molecule has 1 atom stereocenters. The molecule has 0 amide bonds. The SMILES string of the molecule is CCNC(C)(CCCCOc1ccc(F)cc1F)C(=O)O. The van der Waals surface area contributed by atoms with E-state index in [1.165, 1.54) is 6.07 Å². The summed E-state index contributed by atoms with van der Waals surface area (Å²) < 4.78 is 31.2. The maximum atomic E-state index is 13.3. The van der Waals surface area contributed by atoms with Gasteiger partial charge in [0.25, 0.3) is 0 Å². The van der Waals surface area contributed by atoms with Crippen molar-refractivity contribution in [2.24, 2.45) is 0 Å². The second-order valence-corrected chi connectivity index (χ2v) is 5.05. The number of rotatable bonds is 9. The van der Waals surface area contributed by atoms with E-state index in [0.717, 1.165) is 12.1 Å². The Hall–Kier alpha value is -1.69. The molecule has 4 nitrogen and oxygen atoms in total. The maximum absolute atomic E-state index is 13.3. The average molecular weight is 301 g/mol. The summed E-state index contributed by atoms with van der Waals surface area (Å²) in [6, 6.07) is 3.14. The third kappa shape index (κ3) is 5.30. The lowest BCUT2D eigenvalue weighted by Gasteiger charge is -2.25. The number of unbranched alkanes of at least 4 members (excludes halogenated alkanes) is 1. The van der Waals surface area contributed by atoms with E-state index in [4.69, 9.17) is 4.74 Å². The second kappa shape index (κ2) is 7.93. The van der Waals surface area contributed by atoms with E-state index in [2.05, 4.69) is 5.32 Å². The summed E-state index contributed by atoms with van der Waals surface area (Å²) in [4.78, 5) is 11.2. The summed E-state index contributed by atoms with van der Waals surface area (Å²) in [6.45, 7) is 4.31. The highest BCUT2D eigenvalue weighted by Crippen LogP contribution is 2.19. The van der Waals surface area contributed by atoms with Gasteiger partial charge in [-0.3, -0.25) is 4.79 Å². The van der Waals surface area contributed by atoms with Crippen LogP contribution in [0.1, 0.15) is 33.1 Å². The molecule has 1 aromatic rings. The molecule has 21 heavy (non-hydrogen) atoms. The van der Waals surface area contributed by atoms with Crippen molar-refractivity contribution in [2.75, 3.05) is 13.2 Å². The molecule has 0 aliphatic carbocycles. The van der Waals surface area contributed by atoms with Gasteiger partial charge >= 0.3 is 5.97 Å². The van der Waals surface area contributed by atoms with Crippen molar-refractivity contribution in [3.05, 3.63) is 29.8 Å². The molecule has 0 aromatic heterocycles. The minimum atomic E-state index is -0.962. The zero-order chi connectivity index (χ0) is 15.9. The van der Waals surface area contributed by atoms with Crippen LogP contribution in [0, 0.1) is 11.6 Å². The quantitative estimate of drug-likeness (QED) is 0.689. The third-order valence-corrected chi connectivity index (χ3v) is 3.26. The van der Waals surface area contributed by atoms with E-state index in [1.807, 2.05) is 6.92 Å². The lowest BCUT2D eigenvalue weighted by Crippen LogP contribution is -2.49. The summed E-state index contributed by atoms with van der Waals surface area (Å²) in [5.74, 6) is -2.28. The van der Waals surface area contributed by atoms with Crippen LogP contribution in [0.25, 0.3) is 0 Å². The molecule has 118 valence electrons. The molecular weight excluding hydrogens is 280 g/mol. The van der Waals surface area contributed by atoms with Gasteiger partial charge in [0, 0.05) is 6.07 Å². The summed E-state index contributed by atoms with van der Waals surface area (Å²) in [5, 5.41) is 12.1. The first-order chi connectivity index (χ1) is 9.89. The number of aliphatic carboxylic acids is 1. The van der Waals surface area contributed by atoms with Gasteiger partial charge in [0.15, 0.2) is 11.6 Å². The highest BCUT2D eigenvalue weighted by atomic mass is 19.1. The Labute approximate surface area is 123 Å². The van der Waals surface area contributed by atoms with Gasteiger partial charge in [-0.2, -0.15) is 0 Å². The van der Waals surface area contributed by atoms with Crippen molar-refractivity contribution in [1.29, 1.82) is 0 Å². The highest BCUT2D eigenvalue weighted by molar-refractivity contribution is 5.78. The van der Waals surface area contributed by atoms with Crippen molar-refractivity contribution in [2.45, 2.75) is 38.6 Å². The summed E-state index contributed by atoms with van der Waals surface area (Å²) in [7, 11) is 0. The Kier molecular flexibility index (Phi) is 6.55. The Balaban J connectivity index is 2.35. The number of benzene rings is 1. The molecule has 0 saturated carbocycles. The number of likely N-dealkylation sites (N-methyl/N-ethyl adjacent to an activating group) is 1. The van der Waals surface area contributed by atoms with Crippen LogP contribution >= 0.6 is 0 Å². The number of carbonyl (C=O) groups is 1. The van der Waals surface area contributed by atoms with Crippen molar-refractivity contribution in [3.8, 4) is 5.75 Å². The Morgan fingerprint density at radius 3 is 2.67 bits per heavy atom. The summed E-state index contributed by atoms with van der Waals surface area (Å²) in [5.41, 5.74) is -0.962. The van der Waals surface area contributed by atoms with Gasteiger partial charge in [-0.1, -0.05) is 6.92 Å². The van der Waals surface area contributed by atoms with E-state index < -0.39 is 23.1 Å². The lowest BCUT2D eigenvalue weighted by molar-refractivity contribution is -0.144. The third-order valence-electron chi connectivity index (χ3n) is 3.26. The molecule has 2 N–H and O–H groups in total. The fourth-order valence-electron chi connectivity index (χ4n) is 2.02. The summed E-state index contributed by atoms with van der Waals surface area (Å²) >= 11 is 0. The molecule has 0 fully saturated rings. The first-order valence-electron chi connectivity index (χ1n) is 6.95. The molecule has 1 aromatic carbocycles. The minimum absolute atomic E-state index is 0.00378. The van der Waals surface area contributed by atoms with Crippen molar-refractivity contribution < 1.29 is 23.4 Å². The van der Waals surface area contributed by atoms with Crippen molar-refractivity contribution in [3.63, 3.8) is 0 Å². The van der Waals surface area contributed by atoms with Gasteiger partial charge in [0.05, 0.1) is 6.61 Å². The smallest absolute Gasteiger partial charge is 0.323 e. The van der Waals surface area contributed by atoms with Crippen LogP contribution in [0.5, 0.6) is 5.75 Å². The molecule has 1 unspecified atom stereocenters. The molecule has 1 rings (SSSR count). The monoisotopic (exact) mass is 301 g/mol. The largest absolute Gasteiger partial charge is 0.491 e. The fourth-order valence-corrected chi connectivity index (χ4v) is 2.02. The van der Waals surface area contributed by atoms with E-state index in [0.29, 0.717) is 25.8 Å². The number of ether oxygens (including phenoxy) is 1. The fraction of sp³-hybridized carbons (Fsp3) is 0.533. The van der Waals surface area contributed by atoms with Gasteiger partial charge in [0.2, 0.25) is 0 Å². The standard InChI is InChI=1S/C15H21F2NO3/c1-3-18-15(2,14(19)20)8-4-5-9-21-13-7-6-11(16)10-12(13)17/h6-7,10,18H,3-5,8-9H2,1-2H3,(H,19,20). The van der Waals surface area contributed by atoms with Gasteiger partial charge < -0.3 is 15.2 Å². The number of nitrogens with one attached hydrogen (secondary N) is 1. The van der Waals surface area contributed by atoms with E-state index >= 15 is 0 Å². The van der Waals surface area contributed by atoms with Crippen LogP contribution in [-0.2, 0) is 4.79 Å². The van der Waals surface area contributed by atoms with Crippen molar-refractivity contribution >= 4 is 5.97 Å². The Morgan fingerprint density at radius 1 is 1.38 bits per heavy atom. The average Bonchev–Trinajstić information content (AvgIpc) is 2.40. The molecule has 0 bridgehead atoms. The van der Waals surface area contributed by atoms with Crippen LogP contribution in [0.15, 0.2) is 18.2 Å². The highest BCUT2D eigenvalue weighted by Gasteiger charge is 2.30. The van der Waals surface area contributed by atoms with Gasteiger partial charge in [-0.25, -0.2) is 8.78 Å². The topological polar surface area (TPSA) is 58.6 Å². The molecule has 0 aliphatic heterocycles. The molecule has 0 spiro atoms. The van der Waals surface area contributed by atoms with Gasteiger partial charge in [0.1, 0.15) is 11.4 Å². The molecule has 0 saturated heterocycles. The summed E-state index contributed by atoms with van der Waals surface area (Å²) in [6.07, 6.45) is 1.66. The number of hydrogen-bond acceptors (Lipinski definition) is 3. The van der Waals surface area contributed by atoms with Crippen molar-refractivity contribution in [1.82, 2.24) is 5.32 Å². The number of hydrogen-bond donors (Lipinski definition) is 2. The van der Waals surface area contributed by atoms with E-state index in [9.17, 15) is 18.7 Å². The second-order valence-electron chi connectivity index (χ2n) is 5.05. The minimum Gasteiger partial charge on any atom is -0.491 e. The predicted molar refractivity (Wildman–Crippen MR) is 75.4 cm³/mol. The van der Waals surface area contributed by atoms with E-state index in [-0.39, 0.29) is 12.4 Å². The maximum Gasteiger partial charge on any atom is 0.323 e. The van der Waals surface area contributed by atoms with E-state index in [1.54, 1.807) is 6.92 Å². The molecule has 0 heterocycles. The van der Waals surface area contributed by atoms with Crippen LogP contribution in [0.3, 0.4) is 0 Å². The Bertz CT molecular complexity index is 482. The van der Waals surface area contributed by atoms with Gasteiger partial charge in [-0.05, 0) is 44.9 Å². The number of carboxylic acids is 1. The predicted octanol–water partition coefficient (Wildman–Crippen LogP) is 2.97. The first-order valence-corrected chi connectivity index (χ1v) is 6.95. The molecular formula is C15H21F2NO3. The molecule has 0 aliphatic rings. The van der Waals surface area contributed by atoms with Crippen LogP contribution < -0.4 is 10.1 Å². The first kappa shape index (κ1) is 17.4. The number of carboxylic acid groups (broad SMARTS) is 1. The van der Waals surface area contributed by atoms with Crippen LogP contribution in [0.4, 0.5) is 8.78 Å². The molecule has 0 radical (unpaired) electrons.